The third kappa shape index (κ3) is 6.38. The molecule has 0 aliphatic heterocycles. The van der Waals surface area contributed by atoms with Gasteiger partial charge >= 0.3 is 24.6 Å². The second-order valence-electron chi connectivity index (χ2n) is 8.48. The number of carbonyl (C=O) groups is 2. The third-order valence-electron chi connectivity index (χ3n) is 5.87. The lowest BCUT2D eigenvalue weighted by atomic mass is 9.89. The van der Waals surface area contributed by atoms with Crippen LogP contribution in [0.3, 0.4) is 0 Å². The Morgan fingerprint density at radius 2 is 1.56 bits per heavy atom. The van der Waals surface area contributed by atoms with Gasteiger partial charge in [0.25, 0.3) is 5.91 Å². The van der Waals surface area contributed by atoms with E-state index in [1.54, 1.807) is 0 Å². The van der Waals surface area contributed by atoms with Crippen molar-refractivity contribution in [1.82, 2.24) is 4.98 Å². The quantitative estimate of drug-likeness (QED) is 0.214. The van der Waals surface area contributed by atoms with E-state index in [9.17, 15) is 49.1 Å². The van der Waals surface area contributed by atoms with Crippen LogP contribution >= 0.6 is 0 Å². The highest BCUT2D eigenvalue weighted by molar-refractivity contribution is 6.07. The molecule has 0 aliphatic carbocycles. The summed E-state index contributed by atoms with van der Waals surface area (Å²) in [6.45, 7) is -2.84. The number of alkyl halides is 9. The maximum Gasteiger partial charge on any atom is 0.435 e. The van der Waals surface area contributed by atoms with Gasteiger partial charge in [-0.15, -0.1) is 0 Å². The second-order valence-corrected chi connectivity index (χ2v) is 8.48. The molecule has 0 saturated carbocycles. The number of benzene rings is 2. The molecular weight excluding hydrogens is 575 g/mol. The average molecular weight is 594 g/mol. The lowest BCUT2D eigenvalue weighted by Crippen LogP contribution is -2.50. The molecule has 0 bridgehead atoms. The Hall–Kier alpha value is -4.30. The summed E-state index contributed by atoms with van der Waals surface area (Å²) in [4.78, 5) is 29.5. The van der Waals surface area contributed by atoms with Crippen LogP contribution in [0.5, 0.6) is 11.5 Å². The van der Waals surface area contributed by atoms with Crippen molar-refractivity contribution in [3.8, 4) is 11.5 Å². The molecule has 0 aliphatic rings. The standard InChI is InChI=1S/C26H19F9N2O4/c1-13-10-15(24(29,25(30,31)32)26(33,34)35)11-20(41-23(27)28)17(13)12-19(38)16-4-3-5-18(21(16)40-2)37-22(39)14-6-8-36-9-7-14/h3-11,23H,12H2,1-2H3,(H,37,39). The van der Waals surface area contributed by atoms with Crippen molar-refractivity contribution in [1.29, 1.82) is 0 Å². The Morgan fingerprint density at radius 1 is 0.951 bits per heavy atom. The molecule has 0 atom stereocenters. The fourth-order valence-electron chi connectivity index (χ4n) is 3.93. The van der Waals surface area contributed by atoms with Crippen LogP contribution in [0.4, 0.5) is 45.2 Å². The van der Waals surface area contributed by atoms with Crippen LogP contribution in [0.25, 0.3) is 0 Å². The van der Waals surface area contributed by atoms with Crippen LogP contribution in [-0.4, -0.2) is 42.7 Å². The highest BCUT2D eigenvalue weighted by Gasteiger charge is 2.73. The molecular formula is C26H19F9N2O4. The molecule has 0 radical (unpaired) electrons. The minimum Gasteiger partial charge on any atom is -0.494 e. The van der Waals surface area contributed by atoms with Crippen molar-refractivity contribution in [2.45, 2.75) is 38.0 Å². The molecule has 15 heteroatoms. The van der Waals surface area contributed by atoms with E-state index in [2.05, 4.69) is 15.0 Å². The first-order valence-electron chi connectivity index (χ1n) is 11.3. The highest BCUT2D eigenvalue weighted by Crippen LogP contribution is 2.54. The number of anilines is 1. The van der Waals surface area contributed by atoms with Gasteiger partial charge in [-0.3, -0.25) is 14.6 Å². The number of carbonyl (C=O) groups excluding carboxylic acids is 2. The number of para-hydroxylation sites is 1. The van der Waals surface area contributed by atoms with E-state index in [1.165, 1.54) is 42.7 Å². The zero-order valence-corrected chi connectivity index (χ0v) is 21.0. The first kappa shape index (κ1) is 31.2. The number of nitrogens with zero attached hydrogens (tertiary/aromatic N) is 1. The van der Waals surface area contributed by atoms with Gasteiger partial charge in [0.1, 0.15) is 5.75 Å². The minimum atomic E-state index is -6.51. The van der Waals surface area contributed by atoms with E-state index in [0.29, 0.717) is 0 Å². The van der Waals surface area contributed by atoms with Crippen LogP contribution in [0.1, 0.15) is 37.4 Å². The topological polar surface area (TPSA) is 77.5 Å². The molecule has 1 amide bonds. The molecule has 220 valence electrons. The van der Waals surface area contributed by atoms with Crippen molar-refractivity contribution in [3.63, 3.8) is 0 Å². The van der Waals surface area contributed by atoms with E-state index in [0.717, 1.165) is 14.0 Å². The number of nitrogens with one attached hydrogen (secondary N) is 1. The number of halogens is 9. The molecule has 1 heterocycles. The van der Waals surface area contributed by atoms with Crippen LogP contribution < -0.4 is 14.8 Å². The van der Waals surface area contributed by atoms with E-state index < -0.39 is 65.2 Å². The van der Waals surface area contributed by atoms with Gasteiger partial charge in [-0.05, 0) is 42.8 Å². The highest BCUT2D eigenvalue weighted by atomic mass is 19.4. The van der Waals surface area contributed by atoms with Gasteiger partial charge in [0.05, 0.1) is 18.4 Å². The lowest BCUT2D eigenvalue weighted by molar-refractivity contribution is -0.348. The van der Waals surface area contributed by atoms with E-state index in [1.807, 2.05) is 0 Å². The Labute approximate surface area is 226 Å². The van der Waals surface area contributed by atoms with Crippen molar-refractivity contribution in [2.75, 3.05) is 12.4 Å². The number of rotatable bonds is 9. The van der Waals surface area contributed by atoms with Crippen LogP contribution in [0.2, 0.25) is 0 Å². The van der Waals surface area contributed by atoms with Crippen molar-refractivity contribution in [2.24, 2.45) is 0 Å². The number of aromatic nitrogens is 1. The Kier molecular flexibility index (Phi) is 8.89. The predicted molar refractivity (Wildman–Crippen MR) is 126 cm³/mol. The van der Waals surface area contributed by atoms with Crippen LogP contribution in [0, 0.1) is 6.92 Å². The molecule has 0 saturated heterocycles. The molecule has 6 nitrogen and oxygen atoms in total. The van der Waals surface area contributed by atoms with Crippen LogP contribution in [-0.2, 0) is 12.1 Å². The number of amides is 1. The van der Waals surface area contributed by atoms with Gasteiger partial charge in [0.2, 0.25) is 0 Å². The Balaban J connectivity index is 2.05. The van der Waals surface area contributed by atoms with Gasteiger partial charge in [-0.1, -0.05) is 12.1 Å². The maximum atomic E-state index is 14.7. The Morgan fingerprint density at radius 3 is 2.10 bits per heavy atom. The molecule has 0 spiro atoms. The number of hydrogen-bond donors (Lipinski definition) is 1. The number of ether oxygens (including phenoxy) is 2. The number of ketones is 1. The van der Waals surface area contributed by atoms with Gasteiger partial charge < -0.3 is 14.8 Å². The monoisotopic (exact) mass is 594 g/mol. The molecule has 0 fully saturated rings. The SMILES string of the molecule is COc1c(NC(=O)c2ccncc2)cccc1C(=O)Cc1c(C)cc(C(F)(C(F)(F)F)C(F)(F)F)cc1OC(F)F. The molecule has 0 unspecified atom stereocenters. The summed E-state index contributed by atoms with van der Waals surface area (Å²) in [5, 5.41) is 2.52. The Bertz CT molecular complexity index is 1410. The summed E-state index contributed by atoms with van der Waals surface area (Å²) in [5.74, 6) is -2.96. The van der Waals surface area contributed by atoms with Gasteiger partial charge in [-0.2, -0.15) is 35.1 Å². The van der Waals surface area contributed by atoms with Crippen molar-refractivity contribution < 1.29 is 58.6 Å². The summed E-state index contributed by atoms with van der Waals surface area (Å²) in [6, 6.07) is 6.72. The average Bonchev–Trinajstić information content (AvgIpc) is 2.88. The molecule has 1 aromatic heterocycles. The number of hydrogen-bond acceptors (Lipinski definition) is 5. The summed E-state index contributed by atoms with van der Waals surface area (Å²) in [6.07, 6.45) is -11.2. The van der Waals surface area contributed by atoms with Crippen molar-refractivity contribution >= 4 is 17.4 Å². The molecule has 1 N–H and O–H groups in total. The predicted octanol–water partition coefficient (Wildman–Crippen LogP) is 6.97. The van der Waals surface area contributed by atoms with Gasteiger partial charge in [-0.25, -0.2) is 4.39 Å². The second kappa shape index (κ2) is 11.7. The fourth-order valence-corrected chi connectivity index (χ4v) is 3.93. The smallest absolute Gasteiger partial charge is 0.435 e. The van der Waals surface area contributed by atoms with E-state index >= 15 is 0 Å². The summed E-state index contributed by atoms with van der Waals surface area (Å²) in [7, 11) is 1.15. The number of methoxy groups -OCH3 is 1. The first-order chi connectivity index (χ1) is 19.0. The normalized spacial score (nSPS) is 12.3. The molecule has 41 heavy (non-hydrogen) atoms. The van der Waals surface area contributed by atoms with E-state index in [-0.39, 0.29) is 34.7 Å². The van der Waals surface area contributed by atoms with Crippen LogP contribution in [0.15, 0.2) is 54.9 Å². The molecule has 3 aromatic rings. The summed E-state index contributed by atoms with van der Waals surface area (Å²) < 4.78 is 130. The first-order valence-corrected chi connectivity index (χ1v) is 11.3. The third-order valence-corrected chi connectivity index (χ3v) is 5.87. The largest absolute Gasteiger partial charge is 0.494 e. The number of Topliss-reactive ketones (excluding diaryl/α,β-unsaturated/α-hetero) is 1. The summed E-state index contributed by atoms with van der Waals surface area (Å²) >= 11 is 0. The van der Waals surface area contributed by atoms with Gasteiger partial charge in [0, 0.05) is 35.5 Å². The molecule has 3 rings (SSSR count). The fraction of sp³-hybridized carbons (Fsp3) is 0.269. The zero-order valence-electron chi connectivity index (χ0n) is 21.0. The minimum absolute atomic E-state index is 0.00820. The summed E-state index contributed by atoms with van der Waals surface area (Å²) in [5.41, 5.74) is -9.09. The maximum absolute atomic E-state index is 14.7. The lowest BCUT2D eigenvalue weighted by Gasteiger charge is -2.31. The zero-order chi connectivity index (χ0) is 30.8. The van der Waals surface area contributed by atoms with E-state index in [4.69, 9.17) is 4.74 Å². The number of pyridine rings is 1. The molecule has 2 aromatic carbocycles. The van der Waals surface area contributed by atoms with Gasteiger partial charge in [0.15, 0.2) is 11.5 Å². The van der Waals surface area contributed by atoms with Crippen molar-refractivity contribution in [3.05, 3.63) is 82.7 Å². The number of aryl methyl sites for hydroxylation is 1.